The molecule has 2 N–H and O–H groups in total. The van der Waals surface area contributed by atoms with E-state index in [1.807, 2.05) is 24.3 Å². The zero-order chi connectivity index (χ0) is 18.1. The monoisotopic (exact) mass is 351 g/mol. The van der Waals surface area contributed by atoms with E-state index in [0.29, 0.717) is 5.56 Å². The molecule has 26 heavy (non-hydrogen) atoms. The van der Waals surface area contributed by atoms with Crippen molar-refractivity contribution in [3.63, 3.8) is 0 Å². The standard InChI is InChI=1S/C20H15F2N3O/c21-17-6-4-15(5-7-17)20(12-26-19(23)25-20)16-3-1-2-13(8-16)14-9-18(22)11-24-10-14/h1-11H,12H2,(H2,23,25). The third kappa shape index (κ3) is 2.79. The second kappa shape index (κ2) is 6.22. The van der Waals surface area contributed by atoms with Crippen LogP contribution in [0.2, 0.25) is 0 Å². The number of nitrogens with zero attached hydrogens (tertiary/aromatic N) is 2. The Bertz CT molecular complexity index is 988. The fourth-order valence-corrected chi connectivity index (χ4v) is 3.14. The number of nitrogens with two attached hydrogens (primary N) is 1. The van der Waals surface area contributed by atoms with Crippen molar-refractivity contribution in [1.29, 1.82) is 0 Å². The second-order valence-electron chi connectivity index (χ2n) is 6.08. The van der Waals surface area contributed by atoms with Gasteiger partial charge < -0.3 is 10.5 Å². The molecule has 1 aromatic heterocycles. The first-order chi connectivity index (χ1) is 12.6. The normalized spacial score (nSPS) is 19.1. The maximum absolute atomic E-state index is 13.5. The highest BCUT2D eigenvalue weighted by molar-refractivity contribution is 5.75. The molecule has 0 saturated heterocycles. The Labute approximate surface area is 149 Å². The Hall–Kier alpha value is -3.28. The molecule has 3 aromatic rings. The maximum atomic E-state index is 13.5. The number of benzene rings is 2. The van der Waals surface area contributed by atoms with Crippen molar-refractivity contribution in [1.82, 2.24) is 4.98 Å². The van der Waals surface area contributed by atoms with Gasteiger partial charge in [-0.1, -0.05) is 30.3 Å². The van der Waals surface area contributed by atoms with Gasteiger partial charge in [-0.15, -0.1) is 0 Å². The van der Waals surface area contributed by atoms with E-state index in [9.17, 15) is 8.78 Å². The molecule has 0 saturated carbocycles. The summed E-state index contributed by atoms with van der Waals surface area (Å²) in [7, 11) is 0. The van der Waals surface area contributed by atoms with E-state index < -0.39 is 11.4 Å². The van der Waals surface area contributed by atoms with E-state index in [4.69, 9.17) is 10.5 Å². The third-order valence-electron chi connectivity index (χ3n) is 4.43. The summed E-state index contributed by atoms with van der Waals surface area (Å²) in [5.41, 5.74) is 7.91. The van der Waals surface area contributed by atoms with Crippen LogP contribution in [-0.2, 0) is 10.3 Å². The molecule has 4 nitrogen and oxygen atoms in total. The topological polar surface area (TPSA) is 60.5 Å². The van der Waals surface area contributed by atoms with Crippen LogP contribution >= 0.6 is 0 Å². The van der Waals surface area contributed by atoms with Crippen LogP contribution in [0.3, 0.4) is 0 Å². The third-order valence-corrected chi connectivity index (χ3v) is 4.43. The molecule has 0 amide bonds. The molecular weight excluding hydrogens is 336 g/mol. The number of hydrogen-bond donors (Lipinski definition) is 1. The quantitative estimate of drug-likeness (QED) is 0.784. The van der Waals surface area contributed by atoms with Gasteiger partial charge >= 0.3 is 0 Å². The molecule has 0 spiro atoms. The minimum atomic E-state index is -0.880. The molecule has 0 radical (unpaired) electrons. The first-order valence-electron chi connectivity index (χ1n) is 8.02. The number of rotatable bonds is 3. The highest BCUT2D eigenvalue weighted by Gasteiger charge is 2.40. The first-order valence-corrected chi connectivity index (χ1v) is 8.02. The Morgan fingerprint density at radius 1 is 0.885 bits per heavy atom. The van der Waals surface area contributed by atoms with Crippen molar-refractivity contribution in [3.8, 4) is 11.1 Å². The highest BCUT2D eigenvalue weighted by Crippen LogP contribution is 2.38. The summed E-state index contributed by atoms with van der Waals surface area (Å²) in [4.78, 5) is 8.40. The van der Waals surface area contributed by atoms with E-state index in [2.05, 4.69) is 9.98 Å². The lowest BCUT2D eigenvalue weighted by Crippen LogP contribution is -2.27. The van der Waals surface area contributed by atoms with Gasteiger partial charge in [0.2, 0.25) is 0 Å². The molecule has 0 fully saturated rings. The lowest BCUT2D eigenvalue weighted by molar-refractivity contribution is 0.278. The first kappa shape index (κ1) is 16.2. The Kier molecular flexibility index (Phi) is 3.88. The zero-order valence-electron chi connectivity index (χ0n) is 13.7. The van der Waals surface area contributed by atoms with Crippen molar-refractivity contribution in [2.24, 2.45) is 10.7 Å². The van der Waals surface area contributed by atoms with Crippen molar-refractivity contribution in [3.05, 3.63) is 89.8 Å². The number of amidine groups is 1. The lowest BCUT2D eigenvalue weighted by atomic mass is 9.83. The molecule has 6 heteroatoms. The van der Waals surface area contributed by atoms with Gasteiger partial charge in [0.25, 0.3) is 6.02 Å². The van der Waals surface area contributed by atoms with Crippen LogP contribution in [-0.4, -0.2) is 17.6 Å². The number of aliphatic imine (C=N–C) groups is 1. The van der Waals surface area contributed by atoms with Gasteiger partial charge in [-0.05, 0) is 41.0 Å². The molecule has 2 heterocycles. The van der Waals surface area contributed by atoms with E-state index in [1.165, 1.54) is 18.2 Å². The van der Waals surface area contributed by atoms with E-state index >= 15 is 0 Å². The average Bonchev–Trinajstić information content (AvgIpc) is 3.05. The van der Waals surface area contributed by atoms with Gasteiger partial charge in [0, 0.05) is 11.8 Å². The second-order valence-corrected chi connectivity index (χ2v) is 6.08. The van der Waals surface area contributed by atoms with Gasteiger partial charge in [-0.3, -0.25) is 4.98 Å². The van der Waals surface area contributed by atoms with Gasteiger partial charge in [0.15, 0.2) is 5.54 Å². The fourth-order valence-electron chi connectivity index (χ4n) is 3.14. The molecule has 1 aliphatic heterocycles. The zero-order valence-corrected chi connectivity index (χ0v) is 13.7. The summed E-state index contributed by atoms with van der Waals surface area (Å²) >= 11 is 0. The molecular formula is C20H15F2N3O. The predicted octanol–water partition coefficient (Wildman–Crippen LogP) is 3.62. The van der Waals surface area contributed by atoms with Crippen LogP contribution in [0.15, 0.2) is 72.0 Å². The molecule has 0 aliphatic carbocycles. The summed E-state index contributed by atoms with van der Waals surface area (Å²) in [6.45, 7) is 0.204. The molecule has 4 rings (SSSR count). The van der Waals surface area contributed by atoms with Gasteiger partial charge in [0.05, 0.1) is 6.20 Å². The average molecular weight is 351 g/mol. The summed E-state index contributed by atoms with van der Waals surface area (Å²) < 4.78 is 32.3. The SMILES string of the molecule is NC1=NC(c2ccc(F)cc2)(c2cccc(-c3cncc(F)c3)c2)CO1. The van der Waals surface area contributed by atoms with E-state index in [0.717, 1.165) is 22.9 Å². The molecule has 1 aliphatic rings. The number of hydrogen-bond acceptors (Lipinski definition) is 4. The van der Waals surface area contributed by atoms with Crippen LogP contribution < -0.4 is 5.73 Å². The van der Waals surface area contributed by atoms with Crippen molar-refractivity contribution in [2.75, 3.05) is 6.61 Å². The molecule has 1 unspecified atom stereocenters. The van der Waals surface area contributed by atoms with E-state index in [1.54, 1.807) is 18.3 Å². The predicted molar refractivity (Wildman–Crippen MR) is 94.4 cm³/mol. The molecule has 130 valence electrons. The molecule has 2 aromatic carbocycles. The summed E-state index contributed by atoms with van der Waals surface area (Å²) in [5, 5.41) is 0. The number of ether oxygens (including phenoxy) is 1. The largest absolute Gasteiger partial charge is 0.462 e. The fraction of sp³-hybridized carbons (Fsp3) is 0.100. The van der Waals surface area contributed by atoms with Crippen LogP contribution in [0.4, 0.5) is 8.78 Å². The molecule has 1 atom stereocenters. The van der Waals surface area contributed by atoms with Crippen LogP contribution in [0.1, 0.15) is 11.1 Å². The Morgan fingerprint density at radius 2 is 1.69 bits per heavy atom. The number of halogens is 2. The summed E-state index contributed by atoms with van der Waals surface area (Å²) in [5.74, 6) is -0.744. The van der Waals surface area contributed by atoms with Gasteiger partial charge in [-0.25, -0.2) is 13.8 Å². The Balaban J connectivity index is 1.85. The summed E-state index contributed by atoms with van der Waals surface area (Å²) in [6.07, 6.45) is 2.75. The minimum absolute atomic E-state index is 0.0761. The van der Waals surface area contributed by atoms with Crippen LogP contribution in [0.5, 0.6) is 0 Å². The van der Waals surface area contributed by atoms with Crippen LogP contribution in [0.25, 0.3) is 11.1 Å². The van der Waals surface area contributed by atoms with Gasteiger partial charge in [-0.2, -0.15) is 0 Å². The maximum Gasteiger partial charge on any atom is 0.283 e. The van der Waals surface area contributed by atoms with Gasteiger partial charge in [0.1, 0.15) is 18.2 Å². The van der Waals surface area contributed by atoms with Crippen molar-refractivity contribution < 1.29 is 13.5 Å². The molecule has 0 bridgehead atoms. The smallest absolute Gasteiger partial charge is 0.283 e. The Morgan fingerprint density at radius 3 is 2.38 bits per heavy atom. The number of aromatic nitrogens is 1. The van der Waals surface area contributed by atoms with Crippen LogP contribution in [0, 0.1) is 11.6 Å². The minimum Gasteiger partial charge on any atom is -0.462 e. The lowest BCUT2D eigenvalue weighted by Gasteiger charge is -2.25. The van der Waals surface area contributed by atoms with E-state index in [-0.39, 0.29) is 18.4 Å². The summed E-state index contributed by atoms with van der Waals surface area (Å²) in [6, 6.07) is 15.1. The van der Waals surface area contributed by atoms with Crippen molar-refractivity contribution >= 4 is 6.02 Å². The highest BCUT2D eigenvalue weighted by atomic mass is 19.1. The van der Waals surface area contributed by atoms with Crippen molar-refractivity contribution in [2.45, 2.75) is 5.54 Å². The number of pyridine rings is 1.